The normalized spacial score (nSPS) is 11.2. The van der Waals surface area contributed by atoms with Crippen LogP contribution in [0.4, 0.5) is 0 Å². The molecule has 0 aliphatic rings. The van der Waals surface area contributed by atoms with E-state index in [1.807, 2.05) is 0 Å². The number of rotatable bonds is 6. The van der Waals surface area contributed by atoms with Crippen LogP contribution in [0.3, 0.4) is 0 Å². The molecule has 0 aliphatic carbocycles. The first-order valence-electron chi connectivity index (χ1n) is 7.54. The van der Waals surface area contributed by atoms with Crippen molar-refractivity contribution in [2.45, 2.75) is 44.4 Å². The van der Waals surface area contributed by atoms with E-state index >= 15 is 0 Å². The Balaban J connectivity index is 1.86. The summed E-state index contributed by atoms with van der Waals surface area (Å²) >= 11 is 0.737. The molecule has 2 aromatic rings. The van der Waals surface area contributed by atoms with Crippen LogP contribution in [0.15, 0.2) is 36.4 Å². The predicted octanol–water partition coefficient (Wildman–Crippen LogP) is 2.48. The molecule has 0 radical (unpaired) electrons. The molecular formula is C19H24OSe2. The van der Waals surface area contributed by atoms with E-state index in [0.29, 0.717) is 29.9 Å². The zero-order valence-corrected chi connectivity index (χ0v) is 17.1. The van der Waals surface area contributed by atoms with E-state index in [-0.39, 0.29) is 6.10 Å². The maximum absolute atomic E-state index is 10.3. The molecule has 0 spiro atoms. The molecule has 1 N–H and O–H groups in total. The first-order valence-corrected chi connectivity index (χ1v) is 11.7. The Bertz CT molecular complexity index is 582. The van der Waals surface area contributed by atoms with Gasteiger partial charge in [-0.1, -0.05) is 0 Å². The van der Waals surface area contributed by atoms with Gasteiger partial charge in [-0.15, -0.1) is 0 Å². The van der Waals surface area contributed by atoms with E-state index in [9.17, 15) is 5.11 Å². The molecule has 3 heteroatoms. The Kier molecular flexibility index (Phi) is 6.74. The SMILES string of the molecule is Cc1ccc(C)c([Se]CC(O)C[Se]c2cc(C)ccc2C)c1. The van der Waals surface area contributed by atoms with Crippen LogP contribution in [0.25, 0.3) is 0 Å². The van der Waals surface area contributed by atoms with Crippen molar-refractivity contribution in [3.05, 3.63) is 58.7 Å². The molecule has 118 valence electrons. The van der Waals surface area contributed by atoms with Crippen LogP contribution in [0.2, 0.25) is 10.6 Å². The molecule has 0 saturated heterocycles. The summed E-state index contributed by atoms with van der Waals surface area (Å²) in [6.07, 6.45) is -0.167. The van der Waals surface area contributed by atoms with Gasteiger partial charge in [0.25, 0.3) is 0 Å². The Morgan fingerprint density at radius 2 is 1.18 bits per heavy atom. The standard InChI is InChI=1S/C19H24OSe2/c1-13-5-7-15(3)18(9-13)21-11-17(20)12-22-19-10-14(2)6-8-16(19)4/h5-10,17,20H,11-12H2,1-4H3. The molecule has 0 aliphatic heterocycles. The van der Waals surface area contributed by atoms with Gasteiger partial charge in [0, 0.05) is 0 Å². The minimum atomic E-state index is -0.167. The number of aryl methyl sites for hydroxylation is 4. The van der Waals surface area contributed by atoms with Gasteiger partial charge in [-0.2, -0.15) is 0 Å². The van der Waals surface area contributed by atoms with Crippen molar-refractivity contribution in [3.63, 3.8) is 0 Å². The van der Waals surface area contributed by atoms with E-state index in [1.165, 1.54) is 31.2 Å². The molecular weight excluding hydrogens is 402 g/mol. The van der Waals surface area contributed by atoms with Gasteiger partial charge in [0.15, 0.2) is 0 Å². The van der Waals surface area contributed by atoms with Gasteiger partial charge in [-0.3, -0.25) is 0 Å². The van der Waals surface area contributed by atoms with E-state index in [0.717, 1.165) is 10.6 Å². The van der Waals surface area contributed by atoms with Gasteiger partial charge in [0.1, 0.15) is 0 Å². The summed E-state index contributed by atoms with van der Waals surface area (Å²) in [6, 6.07) is 13.3. The number of hydrogen-bond acceptors (Lipinski definition) is 1. The van der Waals surface area contributed by atoms with E-state index in [2.05, 4.69) is 64.1 Å². The molecule has 0 unspecified atom stereocenters. The van der Waals surface area contributed by atoms with Crippen LogP contribution in [-0.4, -0.2) is 41.1 Å². The summed E-state index contributed by atoms with van der Waals surface area (Å²) in [7, 11) is 0. The van der Waals surface area contributed by atoms with E-state index in [4.69, 9.17) is 0 Å². The predicted molar refractivity (Wildman–Crippen MR) is 98.2 cm³/mol. The van der Waals surface area contributed by atoms with Crippen molar-refractivity contribution >= 4 is 38.8 Å². The van der Waals surface area contributed by atoms with Crippen LogP contribution in [0.1, 0.15) is 22.3 Å². The second-order valence-electron chi connectivity index (χ2n) is 5.81. The first kappa shape index (κ1) is 17.8. The fourth-order valence-corrected chi connectivity index (χ4v) is 7.33. The third kappa shape index (κ3) is 5.26. The third-order valence-electron chi connectivity index (χ3n) is 3.55. The molecule has 0 saturated carbocycles. The van der Waals surface area contributed by atoms with Crippen molar-refractivity contribution in [1.82, 2.24) is 0 Å². The third-order valence-corrected chi connectivity index (χ3v) is 9.01. The average molecular weight is 426 g/mol. The maximum atomic E-state index is 10.3. The Hall–Kier alpha value is -0.561. The van der Waals surface area contributed by atoms with Gasteiger partial charge in [0.05, 0.1) is 0 Å². The zero-order chi connectivity index (χ0) is 16.1. The molecule has 2 rings (SSSR count). The van der Waals surface area contributed by atoms with Crippen LogP contribution in [0, 0.1) is 27.7 Å². The molecule has 1 nitrogen and oxygen atoms in total. The molecule has 22 heavy (non-hydrogen) atoms. The zero-order valence-electron chi connectivity index (χ0n) is 13.7. The molecule has 2 aromatic carbocycles. The molecule has 0 bridgehead atoms. The van der Waals surface area contributed by atoms with E-state index in [1.54, 1.807) is 0 Å². The molecule has 0 aromatic heterocycles. The first-order chi connectivity index (χ1) is 10.5. The van der Waals surface area contributed by atoms with Crippen LogP contribution in [-0.2, 0) is 0 Å². The monoisotopic (exact) mass is 428 g/mol. The number of benzene rings is 2. The second-order valence-corrected chi connectivity index (χ2v) is 10.3. The molecule has 0 fully saturated rings. The minimum absolute atomic E-state index is 0.167. The second kappa shape index (κ2) is 8.34. The Morgan fingerprint density at radius 1 is 0.773 bits per heavy atom. The van der Waals surface area contributed by atoms with Crippen LogP contribution in [0.5, 0.6) is 0 Å². The summed E-state index contributed by atoms with van der Waals surface area (Å²) in [6.45, 7) is 8.62. The Labute approximate surface area is 146 Å². The van der Waals surface area contributed by atoms with E-state index < -0.39 is 0 Å². The van der Waals surface area contributed by atoms with Gasteiger partial charge in [-0.25, -0.2) is 0 Å². The molecule has 0 amide bonds. The fourth-order valence-electron chi connectivity index (χ4n) is 2.15. The van der Waals surface area contributed by atoms with Crippen LogP contribution < -0.4 is 8.92 Å². The fraction of sp³-hybridized carbons (Fsp3) is 0.368. The van der Waals surface area contributed by atoms with Crippen molar-refractivity contribution in [2.24, 2.45) is 0 Å². The van der Waals surface area contributed by atoms with Crippen molar-refractivity contribution in [1.29, 1.82) is 0 Å². The molecule has 0 atom stereocenters. The summed E-state index contributed by atoms with van der Waals surface area (Å²) < 4.78 is 2.87. The van der Waals surface area contributed by atoms with Crippen molar-refractivity contribution in [3.8, 4) is 0 Å². The summed E-state index contributed by atoms with van der Waals surface area (Å²) in [5, 5.41) is 12.2. The number of aliphatic hydroxyl groups is 1. The molecule has 0 heterocycles. The Morgan fingerprint density at radius 3 is 1.59 bits per heavy atom. The summed E-state index contributed by atoms with van der Waals surface area (Å²) in [5.41, 5.74) is 5.35. The van der Waals surface area contributed by atoms with Gasteiger partial charge in [-0.05, 0) is 0 Å². The average Bonchev–Trinajstić information content (AvgIpc) is 2.49. The van der Waals surface area contributed by atoms with Gasteiger partial charge in [0.2, 0.25) is 0 Å². The van der Waals surface area contributed by atoms with Crippen molar-refractivity contribution < 1.29 is 5.11 Å². The topological polar surface area (TPSA) is 20.2 Å². The summed E-state index contributed by atoms with van der Waals surface area (Å²) in [5.74, 6) is 0. The number of aliphatic hydroxyl groups excluding tert-OH is 1. The number of hydrogen-bond donors (Lipinski definition) is 1. The summed E-state index contributed by atoms with van der Waals surface area (Å²) in [4.78, 5) is 0. The van der Waals surface area contributed by atoms with Gasteiger partial charge >= 0.3 is 147 Å². The quantitative estimate of drug-likeness (QED) is 0.704. The van der Waals surface area contributed by atoms with Crippen LogP contribution >= 0.6 is 0 Å². The van der Waals surface area contributed by atoms with Crippen molar-refractivity contribution in [2.75, 3.05) is 0 Å². The van der Waals surface area contributed by atoms with Gasteiger partial charge < -0.3 is 0 Å².